The molecule has 1 aliphatic rings. The number of nitrogen functional groups attached to an aromatic ring is 1. The van der Waals surface area contributed by atoms with Crippen LogP contribution in [0.2, 0.25) is 5.02 Å². The number of ether oxygens (including phenoxy) is 3. The molecule has 1 fully saturated rings. The number of fused-ring (bicyclic) bond motifs is 1. The van der Waals surface area contributed by atoms with E-state index in [1.807, 2.05) is 12.1 Å². The van der Waals surface area contributed by atoms with Gasteiger partial charge in [0.25, 0.3) is 0 Å². The summed E-state index contributed by atoms with van der Waals surface area (Å²) >= 11 is 6.58. The van der Waals surface area contributed by atoms with Crippen molar-refractivity contribution in [3.63, 3.8) is 0 Å². The first-order valence-corrected chi connectivity index (χ1v) is 13.2. The highest BCUT2D eigenvalue weighted by Crippen LogP contribution is 2.37. The van der Waals surface area contributed by atoms with Crippen LogP contribution in [0.1, 0.15) is 43.9 Å². The Morgan fingerprint density at radius 2 is 1.92 bits per heavy atom. The van der Waals surface area contributed by atoms with Gasteiger partial charge in [0.1, 0.15) is 30.3 Å². The fourth-order valence-corrected chi connectivity index (χ4v) is 4.68. The summed E-state index contributed by atoms with van der Waals surface area (Å²) in [7, 11) is 0. The monoisotopic (exact) mass is 542 g/mol. The normalized spacial score (nSPS) is 15.2. The van der Waals surface area contributed by atoms with Gasteiger partial charge in [0, 0.05) is 29.8 Å². The van der Waals surface area contributed by atoms with E-state index < -0.39 is 0 Å². The van der Waals surface area contributed by atoms with E-state index in [0.29, 0.717) is 69.9 Å². The summed E-state index contributed by atoms with van der Waals surface area (Å²) in [5, 5.41) is 14.3. The smallest absolute Gasteiger partial charge is 0.144 e. The summed E-state index contributed by atoms with van der Waals surface area (Å²) in [4.78, 5) is 4.46. The van der Waals surface area contributed by atoms with E-state index in [9.17, 15) is 5.26 Å². The molecule has 1 aromatic heterocycles. The zero-order valence-corrected chi connectivity index (χ0v) is 23.0. The Labute approximate surface area is 233 Å². The van der Waals surface area contributed by atoms with E-state index in [1.54, 1.807) is 18.2 Å². The van der Waals surface area contributed by atoms with Crippen LogP contribution in [0.3, 0.4) is 0 Å². The molecule has 4 aromatic rings. The maximum absolute atomic E-state index is 9.76. The van der Waals surface area contributed by atoms with E-state index >= 15 is 0 Å². The number of benzene rings is 3. The molecule has 2 heterocycles. The Bertz CT molecular complexity index is 1540. The number of hydrogen-bond acceptors (Lipinski definition) is 7. The van der Waals surface area contributed by atoms with Crippen molar-refractivity contribution in [3.05, 3.63) is 82.5 Å². The van der Waals surface area contributed by atoms with Gasteiger partial charge in [-0.3, -0.25) is 4.98 Å². The summed E-state index contributed by atoms with van der Waals surface area (Å²) in [5.74, 6) is 1.13. The van der Waals surface area contributed by atoms with Gasteiger partial charge in [0.15, 0.2) is 0 Å². The van der Waals surface area contributed by atoms with Crippen LogP contribution >= 0.6 is 11.6 Å². The molecule has 0 saturated carbocycles. The first kappa shape index (κ1) is 26.6. The molecule has 39 heavy (non-hydrogen) atoms. The highest BCUT2D eigenvalue weighted by molar-refractivity contribution is 6.32. The largest absolute Gasteiger partial charge is 0.487 e. The second kappa shape index (κ2) is 11.0. The average Bonchev–Trinajstić information content (AvgIpc) is 3.42. The van der Waals surface area contributed by atoms with Gasteiger partial charge in [-0.25, -0.2) is 0 Å². The second-order valence-corrected chi connectivity index (χ2v) is 11.1. The Kier molecular flexibility index (Phi) is 7.51. The molecule has 1 saturated heterocycles. The van der Waals surface area contributed by atoms with Crippen LogP contribution < -0.4 is 20.5 Å². The van der Waals surface area contributed by atoms with Gasteiger partial charge in [0.2, 0.25) is 0 Å². The van der Waals surface area contributed by atoms with Gasteiger partial charge >= 0.3 is 0 Å². The van der Waals surface area contributed by atoms with Crippen molar-refractivity contribution >= 4 is 39.6 Å². The summed E-state index contributed by atoms with van der Waals surface area (Å²) < 4.78 is 17.4. The van der Waals surface area contributed by atoms with Crippen LogP contribution in [0, 0.1) is 11.3 Å². The van der Waals surface area contributed by atoms with Gasteiger partial charge in [-0.15, -0.1) is 0 Å². The van der Waals surface area contributed by atoms with Crippen molar-refractivity contribution in [1.29, 1.82) is 5.26 Å². The number of nitrogens with two attached hydrogens (primary N) is 1. The molecule has 1 atom stereocenters. The Morgan fingerprint density at radius 1 is 1.13 bits per heavy atom. The number of hydrogen-bond donors (Lipinski definition) is 2. The molecule has 1 aliphatic heterocycles. The Morgan fingerprint density at radius 3 is 2.59 bits per heavy atom. The highest BCUT2D eigenvalue weighted by Gasteiger charge is 2.20. The van der Waals surface area contributed by atoms with E-state index in [1.165, 1.54) is 11.8 Å². The SMILES string of the molecule is CC(C)(C)c1ccc(COc2ccc(Nc3c(C#N)cnc4cc(OC5CCOC5)c(N)cc34)cc2Cl)cc1. The summed E-state index contributed by atoms with van der Waals surface area (Å²) in [6, 6.07) is 19.6. The summed E-state index contributed by atoms with van der Waals surface area (Å²) in [6.45, 7) is 8.19. The van der Waals surface area contributed by atoms with E-state index in [2.05, 4.69) is 61.4 Å². The third kappa shape index (κ3) is 6.03. The molecule has 5 rings (SSSR count). The van der Waals surface area contributed by atoms with Gasteiger partial charge in [0.05, 0.1) is 40.7 Å². The molecule has 3 N–H and O–H groups in total. The average molecular weight is 543 g/mol. The number of nitriles is 1. The molecule has 3 aromatic carbocycles. The quantitative estimate of drug-likeness (QED) is 0.239. The van der Waals surface area contributed by atoms with Crippen LogP contribution in [-0.4, -0.2) is 24.3 Å². The minimum atomic E-state index is -0.0357. The summed E-state index contributed by atoms with van der Waals surface area (Å²) in [6.07, 6.45) is 2.31. The predicted molar refractivity (Wildman–Crippen MR) is 155 cm³/mol. The van der Waals surface area contributed by atoms with Crippen molar-refractivity contribution in [2.45, 2.75) is 45.3 Å². The molecule has 200 valence electrons. The van der Waals surface area contributed by atoms with Gasteiger partial charge in [-0.2, -0.15) is 5.26 Å². The molecule has 7 nitrogen and oxygen atoms in total. The fourth-order valence-electron chi connectivity index (χ4n) is 4.45. The highest BCUT2D eigenvalue weighted by atomic mass is 35.5. The van der Waals surface area contributed by atoms with Gasteiger partial charge in [-0.05, 0) is 40.8 Å². The first-order valence-electron chi connectivity index (χ1n) is 12.9. The molecule has 0 spiro atoms. The molecule has 0 bridgehead atoms. The molecular formula is C31H31ClN4O3. The lowest BCUT2D eigenvalue weighted by Crippen LogP contribution is -2.16. The zero-order valence-electron chi connectivity index (χ0n) is 22.3. The zero-order chi connectivity index (χ0) is 27.6. The minimum absolute atomic E-state index is 0.0357. The molecule has 0 amide bonds. The summed E-state index contributed by atoms with van der Waals surface area (Å²) in [5.41, 5.74) is 11.6. The van der Waals surface area contributed by atoms with Crippen molar-refractivity contribution in [2.75, 3.05) is 24.3 Å². The number of rotatable bonds is 7. The maximum atomic E-state index is 9.76. The number of halogens is 1. The molecule has 8 heteroatoms. The Balaban J connectivity index is 1.35. The number of pyridine rings is 1. The number of nitrogens with one attached hydrogen (secondary N) is 1. The minimum Gasteiger partial charge on any atom is -0.487 e. The number of anilines is 3. The topological polar surface area (TPSA) is 102 Å². The third-order valence-corrected chi connectivity index (χ3v) is 7.01. The molecule has 0 radical (unpaired) electrons. The number of aromatic nitrogens is 1. The van der Waals surface area contributed by atoms with Crippen LogP contribution in [0.5, 0.6) is 11.5 Å². The van der Waals surface area contributed by atoms with Crippen molar-refractivity contribution in [1.82, 2.24) is 4.98 Å². The van der Waals surface area contributed by atoms with Crippen molar-refractivity contribution in [2.24, 2.45) is 0 Å². The third-order valence-electron chi connectivity index (χ3n) is 6.72. The van der Waals surface area contributed by atoms with E-state index in [0.717, 1.165) is 12.0 Å². The number of nitrogens with zero attached hydrogens (tertiary/aromatic N) is 2. The van der Waals surface area contributed by atoms with Crippen LogP contribution in [0.4, 0.5) is 17.1 Å². The van der Waals surface area contributed by atoms with Crippen LogP contribution in [-0.2, 0) is 16.8 Å². The predicted octanol–water partition coefficient (Wildman–Crippen LogP) is 7.13. The van der Waals surface area contributed by atoms with Crippen molar-refractivity contribution < 1.29 is 14.2 Å². The standard InChI is InChI=1S/C31H31ClN4O3/c1-31(2,3)21-6-4-19(5-7-21)17-38-28-9-8-22(12-25(28)32)36-30-20(15-33)16-35-27-14-29(26(34)13-24(27)30)39-23-10-11-37-18-23/h4-9,12-14,16,23H,10-11,17-18,34H2,1-3H3,(H,35,36). The second-order valence-electron chi connectivity index (χ2n) is 10.7. The fraction of sp³-hybridized carbons (Fsp3) is 0.290. The molecule has 1 unspecified atom stereocenters. The van der Waals surface area contributed by atoms with Gasteiger partial charge < -0.3 is 25.3 Å². The van der Waals surface area contributed by atoms with Gasteiger partial charge in [-0.1, -0.05) is 56.6 Å². The van der Waals surface area contributed by atoms with E-state index in [4.69, 9.17) is 31.5 Å². The molecular weight excluding hydrogens is 512 g/mol. The maximum Gasteiger partial charge on any atom is 0.144 e. The lowest BCUT2D eigenvalue weighted by Gasteiger charge is -2.19. The van der Waals surface area contributed by atoms with Crippen molar-refractivity contribution in [3.8, 4) is 17.6 Å². The Hall–Kier alpha value is -3.99. The first-order chi connectivity index (χ1) is 18.7. The van der Waals surface area contributed by atoms with Crippen LogP contribution in [0.15, 0.2) is 60.8 Å². The lowest BCUT2D eigenvalue weighted by molar-refractivity contribution is 0.142. The van der Waals surface area contributed by atoms with Crippen LogP contribution in [0.25, 0.3) is 10.9 Å². The lowest BCUT2D eigenvalue weighted by atomic mass is 9.87. The van der Waals surface area contributed by atoms with E-state index in [-0.39, 0.29) is 11.5 Å². The molecule has 0 aliphatic carbocycles.